The first-order valence-electron chi connectivity index (χ1n) is 5.87. The van der Waals surface area contributed by atoms with E-state index in [1.165, 1.54) is 12.1 Å². The fraction of sp³-hybridized carbons (Fsp3) is 0.333. The average Bonchev–Trinajstić information content (AvgIpc) is 2.86. The number of nitrogens with zero attached hydrogens (tertiary/aromatic N) is 4. The van der Waals surface area contributed by atoms with E-state index in [-0.39, 0.29) is 5.69 Å². The Hall–Kier alpha value is -2.28. The number of aromatic nitrogens is 3. The van der Waals surface area contributed by atoms with Crippen molar-refractivity contribution >= 4 is 5.69 Å². The minimum absolute atomic E-state index is 0.0842. The molecule has 1 aromatic carbocycles. The predicted molar refractivity (Wildman–Crippen MR) is 67.5 cm³/mol. The molecule has 0 aliphatic rings. The Labute approximate surface area is 109 Å². The molecule has 1 heterocycles. The van der Waals surface area contributed by atoms with Crippen LogP contribution in [0, 0.1) is 10.1 Å². The van der Waals surface area contributed by atoms with Crippen LogP contribution in [0.1, 0.15) is 24.3 Å². The molecule has 7 heteroatoms. The lowest BCUT2D eigenvalue weighted by molar-refractivity contribution is -0.384. The Kier molecular flexibility index (Phi) is 3.86. The molecule has 2 aromatic rings. The highest BCUT2D eigenvalue weighted by Gasteiger charge is 2.07. The SMILES string of the molecule is CC(O)c1cn(CCc2ccc([N+](=O)[O-])cc2)nn1. The van der Waals surface area contributed by atoms with Crippen molar-refractivity contribution in [2.24, 2.45) is 0 Å². The van der Waals surface area contributed by atoms with Gasteiger partial charge < -0.3 is 5.11 Å². The fourth-order valence-electron chi connectivity index (χ4n) is 1.64. The number of hydrogen-bond acceptors (Lipinski definition) is 5. The lowest BCUT2D eigenvalue weighted by Crippen LogP contribution is -2.02. The summed E-state index contributed by atoms with van der Waals surface area (Å²) in [6.07, 6.45) is 1.75. The molecule has 1 atom stereocenters. The van der Waals surface area contributed by atoms with Crippen LogP contribution >= 0.6 is 0 Å². The predicted octanol–water partition coefficient (Wildman–Crippen LogP) is 1.48. The van der Waals surface area contributed by atoms with Gasteiger partial charge in [0.05, 0.1) is 17.2 Å². The van der Waals surface area contributed by atoms with Crippen LogP contribution in [0.2, 0.25) is 0 Å². The fourth-order valence-corrected chi connectivity index (χ4v) is 1.64. The lowest BCUT2D eigenvalue weighted by atomic mass is 10.1. The first-order valence-corrected chi connectivity index (χ1v) is 5.87. The van der Waals surface area contributed by atoms with Crippen molar-refractivity contribution in [2.45, 2.75) is 26.0 Å². The molecule has 19 heavy (non-hydrogen) atoms. The number of nitro benzene ring substituents is 1. The lowest BCUT2D eigenvalue weighted by Gasteiger charge is -2.01. The van der Waals surface area contributed by atoms with Crippen LogP contribution in [0.15, 0.2) is 30.5 Å². The van der Waals surface area contributed by atoms with Gasteiger partial charge in [-0.15, -0.1) is 5.10 Å². The Morgan fingerprint density at radius 1 is 1.42 bits per heavy atom. The Bertz CT molecular complexity index is 563. The molecular weight excluding hydrogens is 248 g/mol. The molecule has 1 unspecified atom stereocenters. The molecule has 100 valence electrons. The van der Waals surface area contributed by atoms with Crippen LogP contribution in [0.25, 0.3) is 0 Å². The zero-order chi connectivity index (χ0) is 13.8. The molecule has 1 N–H and O–H groups in total. The Morgan fingerprint density at radius 2 is 2.11 bits per heavy atom. The van der Waals surface area contributed by atoms with Crippen LogP contribution in [-0.2, 0) is 13.0 Å². The van der Waals surface area contributed by atoms with Crippen molar-refractivity contribution in [1.29, 1.82) is 0 Å². The maximum Gasteiger partial charge on any atom is 0.269 e. The zero-order valence-electron chi connectivity index (χ0n) is 10.4. The Morgan fingerprint density at radius 3 is 2.63 bits per heavy atom. The molecule has 0 aliphatic carbocycles. The summed E-state index contributed by atoms with van der Waals surface area (Å²) in [6.45, 7) is 2.24. The molecule has 0 spiro atoms. The van der Waals surface area contributed by atoms with Crippen molar-refractivity contribution in [2.75, 3.05) is 0 Å². The van der Waals surface area contributed by atoms with Crippen LogP contribution in [-0.4, -0.2) is 25.0 Å². The van der Waals surface area contributed by atoms with Crippen molar-refractivity contribution in [3.05, 3.63) is 51.8 Å². The van der Waals surface area contributed by atoms with Crippen LogP contribution in [0.5, 0.6) is 0 Å². The smallest absolute Gasteiger partial charge is 0.269 e. The maximum atomic E-state index is 10.5. The molecule has 0 fully saturated rings. The summed E-state index contributed by atoms with van der Waals surface area (Å²) in [7, 11) is 0. The summed E-state index contributed by atoms with van der Waals surface area (Å²) < 4.78 is 1.64. The second-order valence-corrected chi connectivity index (χ2v) is 4.26. The van der Waals surface area contributed by atoms with Crippen LogP contribution in [0.4, 0.5) is 5.69 Å². The summed E-state index contributed by atoms with van der Waals surface area (Å²) in [4.78, 5) is 10.1. The van der Waals surface area contributed by atoms with Crippen LogP contribution < -0.4 is 0 Å². The number of rotatable bonds is 5. The second kappa shape index (κ2) is 5.57. The van der Waals surface area contributed by atoms with Gasteiger partial charge in [0.1, 0.15) is 5.69 Å². The van der Waals surface area contributed by atoms with E-state index in [0.717, 1.165) is 5.56 Å². The van der Waals surface area contributed by atoms with Crippen LogP contribution in [0.3, 0.4) is 0 Å². The topological polar surface area (TPSA) is 94.1 Å². The molecule has 0 saturated heterocycles. The molecule has 1 aromatic heterocycles. The standard InChI is InChI=1S/C12H14N4O3/c1-9(17)12-8-15(14-13-12)7-6-10-2-4-11(5-3-10)16(18)19/h2-5,8-9,17H,6-7H2,1H3. The number of non-ortho nitro benzene ring substituents is 1. The molecule has 0 aliphatic heterocycles. The number of benzene rings is 1. The van der Waals surface area contributed by atoms with E-state index in [1.54, 1.807) is 29.9 Å². The van der Waals surface area contributed by atoms with E-state index in [9.17, 15) is 15.2 Å². The summed E-state index contributed by atoms with van der Waals surface area (Å²) in [6, 6.07) is 6.42. The van der Waals surface area contributed by atoms with Crippen molar-refractivity contribution in [3.8, 4) is 0 Å². The first kappa shape index (κ1) is 13.2. The Balaban J connectivity index is 1.96. The van der Waals surface area contributed by atoms with Gasteiger partial charge in [0.15, 0.2) is 0 Å². The van der Waals surface area contributed by atoms with Gasteiger partial charge in [0.25, 0.3) is 5.69 Å². The number of nitro groups is 1. The first-order chi connectivity index (χ1) is 9.06. The molecule has 7 nitrogen and oxygen atoms in total. The highest BCUT2D eigenvalue weighted by Crippen LogP contribution is 2.13. The molecule has 0 radical (unpaired) electrons. The third-order valence-electron chi connectivity index (χ3n) is 2.76. The van der Waals surface area contributed by atoms with Crippen molar-refractivity contribution in [1.82, 2.24) is 15.0 Å². The highest BCUT2D eigenvalue weighted by atomic mass is 16.6. The molecular formula is C12H14N4O3. The molecule has 2 rings (SSSR count). The average molecular weight is 262 g/mol. The molecule has 0 bridgehead atoms. The van der Waals surface area contributed by atoms with E-state index in [0.29, 0.717) is 18.7 Å². The van der Waals surface area contributed by atoms with E-state index in [4.69, 9.17) is 0 Å². The highest BCUT2D eigenvalue weighted by molar-refractivity contribution is 5.32. The summed E-state index contributed by atoms with van der Waals surface area (Å²) in [5.74, 6) is 0. The van der Waals surface area contributed by atoms with Crippen molar-refractivity contribution in [3.63, 3.8) is 0 Å². The van der Waals surface area contributed by atoms with E-state index in [1.807, 2.05) is 0 Å². The second-order valence-electron chi connectivity index (χ2n) is 4.26. The minimum atomic E-state index is -0.631. The van der Waals surface area contributed by atoms with Crippen molar-refractivity contribution < 1.29 is 10.0 Å². The number of aliphatic hydroxyl groups is 1. The van der Waals surface area contributed by atoms with E-state index >= 15 is 0 Å². The summed E-state index contributed by atoms with van der Waals surface area (Å²) >= 11 is 0. The van der Waals surface area contributed by atoms with Gasteiger partial charge in [0, 0.05) is 18.7 Å². The van der Waals surface area contributed by atoms with Gasteiger partial charge in [-0.25, -0.2) is 0 Å². The van der Waals surface area contributed by atoms with E-state index in [2.05, 4.69) is 10.3 Å². The van der Waals surface area contributed by atoms with Gasteiger partial charge in [-0.05, 0) is 18.9 Å². The van der Waals surface area contributed by atoms with Gasteiger partial charge in [-0.2, -0.15) is 0 Å². The summed E-state index contributed by atoms with van der Waals surface area (Å²) in [5, 5.41) is 27.6. The van der Waals surface area contributed by atoms with Gasteiger partial charge in [-0.1, -0.05) is 17.3 Å². The quantitative estimate of drug-likeness (QED) is 0.650. The largest absolute Gasteiger partial charge is 0.387 e. The van der Waals surface area contributed by atoms with E-state index < -0.39 is 11.0 Å². The number of aryl methyl sites for hydroxylation is 2. The number of aliphatic hydroxyl groups excluding tert-OH is 1. The normalized spacial score (nSPS) is 12.3. The monoisotopic (exact) mass is 262 g/mol. The van der Waals surface area contributed by atoms with Gasteiger partial charge >= 0.3 is 0 Å². The third-order valence-corrected chi connectivity index (χ3v) is 2.76. The number of hydrogen-bond donors (Lipinski definition) is 1. The zero-order valence-corrected chi connectivity index (χ0v) is 10.4. The minimum Gasteiger partial charge on any atom is -0.387 e. The summed E-state index contributed by atoms with van der Waals surface area (Å²) in [5.41, 5.74) is 1.60. The third kappa shape index (κ3) is 3.35. The molecule has 0 saturated carbocycles. The maximum absolute atomic E-state index is 10.5. The van der Waals surface area contributed by atoms with Gasteiger partial charge in [0.2, 0.25) is 0 Å². The molecule has 0 amide bonds. The van der Waals surface area contributed by atoms with Gasteiger partial charge in [-0.3, -0.25) is 14.8 Å².